The minimum atomic E-state index is 0.626. The topological polar surface area (TPSA) is 12.0 Å². The molecule has 0 unspecified atom stereocenters. The molecule has 0 aromatic rings. The van der Waals surface area contributed by atoms with Crippen molar-refractivity contribution in [2.45, 2.75) is 37.0 Å². The average Bonchev–Trinajstić information content (AvgIpc) is 2.25. The lowest BCUT2D eigenvalue weighted by atomic mass is 9.95. The highest BCUT2D eigenvalue weighted by Gasteiger charge is 2.19. The number of hydrogen-bond donors (Lipinski definition) is 1. The molecule has 0 radical (unpaired) electrons. The quantitative estimate of drug-likeness (QED) is 0.579. The highest BCUT2D eigenvalue weighted by molar-refractivity contribution is 7.99. The zero-order valence-electron chi connectivity index (χ0n) is 8.84. The van der Waals surface area contributed by atoms with Crippen LogP contribution in [0.4, 0.5) is 0 Å². The van der Waals surface area contributed by atoms with Crippen molar-refractivity contribution in [2.24, 2.45) is 0 Å². The van der Waals surface area contributed by atoms with Crippen LogP contribution in [0.15, 0.2) is 12.2 Å². The maximum atomic E-state index is 5.54. The van der Waals surface area contributed by atoms with E-state index in [0.717, 1.165) is 17.8 Å². The monoisotopic (exact) mass is 233 g/mol. The van der Waals surface area contributed by atoms with Gasteiger partial charge in [-0.2, -0.15) is 11.8 Å². The van der Waals surface area contributed by atoms with Gasteiger partial charge in [-0.25, -0.2) is 0 Å². The molecule has 0 heterocycles. The summed E-state index contributed by atoms with van der Waals surface area (Å²) in [5.41, 5.74) is 0. The zero-order valence-corrected chi connectivity index (χ0v) is 10.4. The van der Waals surface area contributed by atoms with Crippen molar-refractivity contribution < 1.29 is 0 Å². The molecule has 0 aromatic heterocycles. The van der Waals surface area contributed by atoms with Gasteiger partial charge in [0.15, 0.2) is 0 Å². The van der Waals surface area contributed by atoms with E-state index in [1.807, 2.05) is 17.8 Å². The Balaban J connectivity index is 2.07. The van der Waals surface area contributed by atoms with E-state index in [4.69, 9.17) is 11.6 Å². The fourth-order valence-corrected chi connectivity index (χ4v) is 2.75. The predicted molar refractivity (Wildman–Crippen MR) is 67.4 cm³/mol. The van der Waals surface area contributed by atoms with Crippen molar-refractivity contribution in [3.05, 3.63) is 12.2 Å². The van der Waals surface area contributed by atoms with Crippen LogP contribution in [0.2, 0.25) is 0 Å². The number of hydrogen-bond acceptors (Lipinski definition) is 2. The average molecular weight is 234 g/mol. The molecule has 1 fully saturated rings. The molecular weight excluding hydrogens is 214 g/mol. The fourth-order valence-electron chi connectivity index (χ4n) is 1.88. The molecular formula is C11H20ClNS. The number of rotatable bonds is 5. The fraction of sp³-hybridized carbons (Fsp3) is 0.818. The molecule has 1 aliphatic carbocycles. The van der Waals surface area contributed by atoms with Crippen molar-refractivity contribution in [2.75, 3.05) is 18.7 Å². The van der Waals surface area contributed by atoms with Crippen molar-refractivity contribution >= 4 is 23.4 Å². The number of thioether (sulfide) groups is 1. The van der Waals surface area contributed by atoms with Gasteiger partial charge in [0.2, 0.25) is 0 Å². The first-order valence-corrected chi connectivity index (χ1v) is 7.16. The van der Waals surface area contributed by atoms with Crippen LogP contribution in [0.5, 0.6) is 0 Å². The number of nitrogens with one attached hydrogen (secondary N) is 1. The molecule has 0 aliphatic heterocycles. The summed E-state index contributed by atoms with van der Waals surface area (Å²) < 4.78 is 0. The van der Waals surface area contributed by atoms with E-state index in [1.54, 1.807) is 0 Å². The first-order chi connectivity index (χ1) is 6.86. The van der Waals surface area contributed by atoms with Crippen LogP contribution >= 0.6 is 23.4 Å². The molecule has 0 saturated heterocycles. The van der Waals surface area contributed by atoms with Gasteiger partial charge in [-0.1, -0.05) is 12.2 Å². The summed E-state index contributed by atoms with van der Waals surface area (Å²) in [6.45, 7) is 0.974. The molecule has 3 heteroatoms. The van der Waals surface area contributed by atoms with Crippen molar-refractivity contribution in [3.63, 3.8) is 0 Å². The van der Waals surface area contributed by atoms with Crippen molar-refractivity contribution in [1.82, 2.24) is 5.32 Å². The van der Waals surface area contributed by atoms with Crippen LogP contribution in [0.3, 0.4) is 0 Å². The van der Waals surface area contributed by atoms with Crippen LogP contribution in [-0.4, -0.2) is 30.0 Å². The third-order valence-electron chi connectivity index (χ3n) is 2.79. The van der Waals surface area contributed by atoms with Gasteiger partial charge in [0.1, 0.15) is 0 Å². The molecule has 1 nitrogen and oxygen atoms in total. The standard InChI is InChI=1S/C11H20ClNS/c1-14-11-6-4-10(5-7-11)13-9-3-2-8-12/h2-3,10-11,13H,4-9H2,1H3/b3-2+. The summed E-state index contributed by atoms with van der Waals surface area (Å²) in [5.74, 6) is 0.626. The van der Waals surface area contributed by atoms with E-state index in [-0.39, 0.29) is 0 Å². The first-order valence-electron chi connectivity index (χ1n) is 5.34. The minimum Gasteiger partial charge on any atom is -0.311 e. The molecule has 0 aromatic carbocycles. The van der Waals surface area contributed by atoms with Gasteiger partial charge in [0, 0.05) is 23.7 Å². The Morgan fingerprint density at radius 2 is 2.00 bits per heavy atom. The van der Waals surface area contributed by atoms with E-state index >= 15 is 0 Å². The molecule has 1 saturated carbocycles. The lowest BCUT2D eigenvalue weighted by Crippen LogP contribution is -2.33. The molecule has 0 atom stereocenters. The van der Waals surface area contributed by atoms with Crippen LogP contribution in [-0.2, 0) is 0 Å². The van der Waals surface area contributed by atoms with Crippen LogP contribution < -0.4 is 5.32 Å². The molecule has 82 valence electrons. The second-order valence-electron chi connectivity index (χ2n) is 3.74. The van der Waals surface area contributed by atoms with E-state index in [9.17, 15) is 0 Å². The second kappa shape index (κ2) is 7.61. The highest BCUT2D eigenvalue weighted by atomic mass is 35.5. The largest absolute Gasteiger partial charge is 0.311 e. The normalized spacial score (nSPS) is 28.4. The van der Waals surface area contributed by atoms with Gasteiger partial charge in [-0.05, 0) is 31.9 Å². The summed E-state index contributed by atoms with van der Waals surface area (Å²) in [6, 6.07) is 0.735. The van der Waals surface area contributed by atoms with Crippen LogP contribution in [0.1, 0.15) is 25.7 Å². The van der Waals surface area contributed by atoms with Crippen molar-refractivity contribution in [3.8, 4) is 0 Å². The van der Waals surface area contributed by atoms with Crippen LogP contribution in [0.25, 0.3) is 0 Å². The van der Waals surface area contributed by atoms with Gasteiger partial charge in [-0.15, -0.1) is 11.6 Å². The van der Waals surface area contributed by atoms with E-state index in [0.29, 0.717) is 5.88 Å². The molecule has 1 rings (SSSR count). The second-order valence-corrected chi connectivity index (χ2v) is 5.19. The molecule has 0 spiro atoms. The van der Waals surface area contributed by atoms with Gasteiger partial charge in [0.05, 0.1) is 0 Å². The number of alkyl halides is 1. The maximum absolute atomic E-state index is 5.54. The van der Waals surface area contributed by atoms with E-state index < -0.39 is 0 Å². The summed E-state index contributed by atoms with van der Waals surface area (Å²) in [7, 11) is 0. The third kappa shape index (κ3) is 4.72. The lowest BCUT2D eigenvalue weighted by Gasteiger charge is -2.27. The summed E-state index contributed by atoms with van der Waals surface area (Å²) in [6.07, 6.45) is 11.8. The third-order valence-corrected chi connectivity index (χ3v) is 4.10. The molecule has 1 aliphatic rings. The minimum absolute atomic E-state index is 0.626. The van der Waals surface area contributed by atoms with E-state index in [2.05, 4.69) is 17.6 Å². The summed E-state index contributed by atoms with van der Waals surface area (Å²) >= 11 is 7.56. The Hall–Kier alpha value is 0.340. The Labute approximate surface area is 96.7 Å². The molecule has 14 heavy (non-hydrogen) atoms. The SMILES string of the molecule is CSC1CCC(NC/C=C/CCl)CC1. The summed E-state index contributed by atoms with van der Waals surface area (Å²) in [5, 5.41) is 4.46. The van der Waals surface area contributed by atoms with Crippen LogP contribution in [0, 0.1) is 0 Å². The van der Waals surface area contributed by atoms with Gasteiger partial charge >= 0.3 is 0 Å². The maximum Gasteiger partial charge on any atom is 0.0404 e. The predicted octanol–water partition coefficient (Wildman–Crippen LogP) is 3.05. The van der Waals surface area contributed by atoms with Gasteiger partial charge < -0.3 is 5.32 Å². The van der Waals surface area contributed by atoms with Crippen molar-refractivity contribution in [1.29, 1.82) is 0 Å². The van der Waals surface area contributed by atoms with E-state index in [1.165, 1.54) is 25.7 Å². The molecule has 1 N–H and O–H groups in total. The van der Waals surface area contributed by atoms with Gasteiger partial charge in [0.25, 0.3) is 0 Å². The lowest BCUT2D eigenvalue weighted by molar-refractivity contribution is 0.392. The Kier molecular flexibility index (Phi) is 6.74. The highest BCUT2D eigenvalue weighted by Crippen LogP contribution is 2.26. The Bertz CT molecular complexity index is 165. The van der Waals surface area contributed by atoms with Gasteiger partial charge in [-0.3, -0.25) is 0 Å². The molecule has 0 amide bonds. The Morgan fingerprint density at radius 3 is 2.57 bits per heavy atom. The zero-order chi connectivity index (χ0) is 10.2. The number of halogens is 1. The number of allylic oxidation sites excluding steroid dienone is 1. The smallest absolute Gasteiger partial charge is 0.0404 e. The Morgan fingerprint density at radius 1 is 1.29 bits per heavy atom. The first kappa shape index (κ1) is 12.4. The summed E-state index contributed by atoms with van der Waals surface area (Å²) in [4.78, 5) is 0. The molecule has 0 bridgehead atoms.